The lowest BCUT2D eigenvalue weighted by atomic mass is 9.74. The Balaban J connectivity index is 1.89. The van der Waals surface area contributed by atoms with Crippen LogP contribution in [0.1, 0.15) is 18.4 Å². The van der Waals surface area contributed by atoms with Gasteiger partial charge in [-0.25, -0.2) is 0 Å². The second-order valence-electron chi connectivity index (χ2n) is 4.26. The molecule has 1 saturated carbocycles. The summed E-state index contributed by atoms with van der Waals surface area (Å²) in [7, 11) is 0. The molecule has 0 spiro atoms. The topological polar surface area (TPSA) is 0 Å². The van der Waals surface area contributed by atoms with Gasteiger partial charge in [-0.05, 0) is 35.8 Å². The van der Waals surface area contributed by atoms with Crippen LogP contribution in [0.3, 0.4) is 0 Å². The highest BCUT2D eigenvalue weighted by Crippen LogP contribution is 2.46. The average Bonchev–Trinajstić information content (AvgIpc) is 2.42. The Morgan fingerprint density at radius 1 is 1.07 bits per heavy atom. The van der Waals surface area contributed by atoms with Gasteiger partial charge in [0.1, 0.15) is 0 Å². The van der Waals surface area contributed by atoms with E-state index in [4.69, 9.17) is 0 Å². The molecule has 2 aliphatic carbocycles. The maximum absolute atomic E-state index is 2.38. The van der Waals surface area contributed by atoms with Gasteiger partial charge in [0.25, 0.3) is 0 Å². The molecule has 1 aromatic carbocycles. The van der Waals surface area contributed by atoms with Gasteiger partial charge in [-0.1, -0.05) is 48.6 Å². The van der Waals surface area contributed by atoms with Gasteiger partial charge in [-0.2, -0.15) is 0 Å². The van der Waals surface area contributed by atoms with Gasteiger partial charge in [-0.3, -0.25) is 0 Å². The van der Waals surface area contributed by atoms with E-state index in [2.05, 4.69) is 48.6 Å². The summed E-state index contributed by atoms with van der Waals surface area (Å²) in [4.78, 5) is 0. The van der Waals surface area contributed by atoms with Gasteiger partial charge in [-0.15, -0.1) is 0 Å². The van der Waals surface area contributed by atoms with Crippen LogP contribution in [-0.4, -0.2) is 0 Å². The maximum Gasteiger partial charge on any atom is -0.00986 e. The molecule has 3 rings (SSSR count). The monoisotopic (exact) mass is 182 g/mol. The fourth-order valence-electron chi connectivity index (χ4n) is 2.43. The molecule has 0 saturated heterocycles. The van der Waals surface area contributed by atoms with E-state index in [1.54, 1.807) is 0 Å². The van der Waals surface area contributed by atoms with Crippen LogP contribution in [0.25, 0.3) is 6.08 Å². The first kappa shape index (κ1) is 8.05. The molecule has 0 radical (unpaired) electrons. The summed E-state index contributed by atoms with van der Waals surface area (Å²) in [5, 5.41) is 0. The molecule has 0 N–H and O–H groups in total. The number of fused-ring (bicyclic) bond motifs is 1. The third kappa shape index (κ3) is 1.22. The minimum atomic E-state index is 0.843. The van der Waals surface area contributed by atoms with Gasteiger partial charge in [0.15, 0.2) is 0 Å². The fraction of sp³-hybridized carbons (Fsp3) is 0.286. The molecule has 0 nitrogen and oxygen atoms in total. The maximum atomic E-state index is 2.38. The molecular formula is C14H14. The van der Waals surface area contributed by atoms with E-state index in [1.165, 1.54) is 24.0 Å². The van der Waals surface area contributed by atoms with Gasteiger partial charge in [0.2, 0.25) is 0 Å². The summed E-state index contributed by atoms with van der Waals surface area (Å²) in [5.74, 6) is 1.71. The molecule has 2 aliphatic rings. The van der Waals surface area contributed by atoms with Crippen molar-refractivity contribution in [2.45, 2.75) is 12.8 Å². The van der Waals surface area contributed by atoms with E-state index in [0.29, 0.717) is 0 Å². The Hall–Kier alpha value is -1.30. The largest absolute Gasteiger partial charge is 0.0805 e. The van der Waals surface area contributed by atoms with E-state index in [-0.39, 0.29) is 0 Å². The number of rotatable bonds is 1. The lowest BCUT2D eigenvalue weighted by Gasteiger charge is -2.30. The van der Waals surface area contributed by atoms with E-state index in [9.17, 15) is 0 Å². The average molecular weight is 182 g/mol. The zero-order chi connectivity index (χ0) is 9.38. The van der Waals surface area contributed by atoms with Crippen molar-refractivity contribution in [3.63, 3.8) is 0 Å². The molecule has 0 aromatic heterocycles. The van der Waals surface area contributed by atoms with Gasteiger partial charge in [0.05, 0.1) is 0 Å². The van der Waals surface area contributed by atoms with Crippen LogP contribution in [0.15, 0.2) is 48.1 Å². The molecule has 0 heterocycles. The molecule has 0 amide bonds. The summed E-state index contributed by atoms with van der Waals surface area (Å²) in [5.41, 5.74) is 2.87. The van der Waals surface area contributed by atoms with E-state index in [1.807, 2.05) is 0 Å². The summed E-state index contributed by atoms with van der Waals surface area (Å²) in [6.45, 7) is 0. The number of hydrogen-bond donors (Lipinski definition) is 0. The Morgan fingerprint density at radius 2 is 1.93 bits per heavy atom. The lowest BCUT2D eigenvalue weighted by Crippen LogP contribution is -2.20. The van der Waals surface area contributed by atoms with Crippen LogP contribution in [0, 0.1) is 11.8 Å². The number of benzene rings is 1. The first-order chi connectivity index (χ1) is 6.93. The van der Waals surface area contributed by atoms with Crippen LogP contribution in [0.5, 0.6) is 0 Å². The highest BCUT2D eigenvalue weighted by molar-refractivity contribution is 5.58. The van der Waals surface area contributed by atoms with Crippen LogP contribution >= 0.6 is 0 Å². The van der Waals surface area contributed by atoms with Crippen LogP contribution < -0.4 is 0 Å². The SMILES string of the molecule is C1=CC2CCC2/C1=C\c1ccccc1. The van der Waals surface area contributed by atoms with Crippen molar-refractivity contribution < 1.29 is 0 Å². The first-order valence-electron chi connectivity index (χ1n) is 5.38. The van der Waals surface area contributed by atoms with Crippen molar-refractivity contribution in [3.05, 3.63) is 53.6 Å². The third-order valence-electron chi connectivity index (χ3n) is 3.42. The molecule has 1 aromatic rings. The molecule has 14 heavy (non-hydrogen) atoms. The van der Waals surface area contributed by atoms with Crippen LogP contribution in [0.2, 0.25) is 0 Å². The summed E-state index contributed by atoms with van der Waals surface area (Å²) < 4.78 is 0. The van der Waals surface area contributed by atoms with Crippen molar-refractivity contribution >= 4 is 6.08 Å². The van der Waals surface area contributed by atoms with Gasteiger partial charge in [0, 0.05) is 0 Å². The van der Waals surface area contributed by atoms with E-state index < -0.39 is 0 Å². The number of allylic oxidation sites excluding steroid dienone is 3. The molecule has 0 bridgehead atoms. The summed E-state index contributed by atoms with van der Waals surface area (Å²) >= 11 is 0. The molecule has 2 atom stereocenters. The summed E-state index contributed by atoms with van der Waals surface area (Å²) in [6.07, 6.45) is 9.81. The highest BCUT2D eigenvalue weighted by atomic mass is 14.4. The van der Waals surface area contributed by atoms with Crippen molar-refractivity contribution in [1.29, 1.82) is 0 Å². The normalized spacial score (nSPS) is 31.6. The zero-order valence-corrected chi connectivity index (χ0v) is 8.19. The Morgan fingerprint density at radius 3 is 2.57 bits per heavy atom. The molecule has 70 valence electrons. The standard InChI is InChI=1S/C14H14/c1-2-4-11(5-3-1)10-13-7-6-12-8-9-14(12)13/h1-7,10,12,14H,8-9H2/b13-10-. The second kappa shape index (κ2) is 3.13. The quantitative estimate of drug-likeness (QED) is 0.621. The Kier molecular flexibility index (Phi) is 1.80. The van der Waals surface area contributed by atoms with Crippen LogP contribution in [0.4, 0.5) is 0 Å². The van der Waals surface area contributed by atoms with Gasteiger partial charge >= 0.3 is 0 Å². The van der Waals surface area contributed by atoms with E-state index >= 15 is 0 Å². The molecular weight excluding hydrogens is 168 g/mol. The predicted octanol–water partition coefficient (Wildman–Crippen LogP) is 3.67. The molecule has 0 aliphatic heterocycles. The van der Waals surface area contributed by atoms with Crippen LogP contribution in [-0.2, 0) is 0 Å². The molecule has 0 heteroatoms. The predicted molar refractivity (Wildman–Crippen MR) is 59.8 cm³/mol. The molecule has 2 unspecified atom stereocenters. The number of hydrogen-bond acceptors (Lipinski definition) is 0. The molecule has 1 fully saturated rings. The summed E-state index contributed by atoms with van der Waals surface area (Å²) in [6, 6.07) is 10.6. The van der Waals surface area contributed by atoms with E-state index in [0.717, 1.165) is 11.8 Å². The van der Waals surface area contributed by atoms with Gasteiger partial charge < -0.3 is 0 Å². The zero-order valence-electron chi connectivity index (χ0n) is 8.19. The minimum Gasteiger partial charge on any atom is -0.0805 e. The Labute approximate surface area is 85.0 Å². The Bertz CT molecular complexity index is 384. The van der Waals surface area contributed by atoms with Crippen molar-refractivity contribution in [2.24, 2.45) is 11.8 Å². The third-order valence-corrected chi connectivity index (χ3v) is 3.42. The minimum absolute atomic E-state index is 0.843. The van der Waals surface area contributed by atoms with Crippen molar-refractivity contribution in [2.75, 3.05) is 0 Å². The second-order valence-corrected chi connectivity index (χ2v) is 4.26. The van der Waals surface area contributed by atoms with Crippen molar-refractivity contribution in [3.8, 4) is 0 Å². The highest BCUT2D eigenvalue weighted by Gasteiger charge is 2.34. The fourth-order valence-corrected chi connectivity index (χ4v) is 2.43. The lowest BCUT2D eigenvalue weighted by molar-refractivity contribution is 0.291. The first-order valence-corrected chi connectivity index (χ1v) is 5.38. The smallest absolute Gasteiger partial charge is 0.00986 e. The van der Waals surface area contributed by atoms with Crippen molar-refractivity contribution in [1.82, 2.24) is 0 Å².